The second-order valence-electron chi connectivity index (χ2n) is 7.03. The quantitative estimate of drug-likeness (QED) is 0.354. The molecule has 8 heteroatoms. The molecule has 1 unspecified atom stereocenters. The molecule has 1 aliphatic heterocycles. The molecule has 0 bridgehead atoms. The van der Waals surface area contributed by atoms with E-state index in [4.69, 9.17) is 9.15 Å². The van der Waals surface area contributed by atoms with Gasteiger partial charge in [0, 0.05) is 25.2 Å². The molecule has 0 saturated carbocycles. The zero-order valence-corrected chi connectivity index (χ0v) is 17.0. The molecular weight excluding hydrogens is 384 g/mol. The van der Waals surface area contributed by atoms with Gasteiger partial charge >= 0.3 is 0 Å². The average Bonchev–Trinajstić information content (AvgIpc) is 3.30. The minimum atomic E-state index is -0.285. The summed E-state index contributed by atoms with van der Waals surface area (Å²) in [5.41, 5.74) is 3.27. The summed E-state index contributed by atoms with van der Waals surface area (Å²) >= 11 is 0. The van der Waals surface area contributed by atoms with Gasteiger partial charge in [-0.05, 0) is 43.5 Å². The van der Waals surface area contributed by atoms with E-state index in [1.807, 2.05) is 18.2 Å². The SMILES string of the molecule is O=C(NCCCCC(C(=O)NN=Cc1ccco1)N1CCOCC1)c1ccccc1. The Morgan fingerprint density at radius 2 is 1.90 bits per heavy atom. The summed E-state index contributed by atoms with van der Waals surface area (Å²) in [5, 5.41) is 6.92. The lowest BCUT2D eigenvalue weighted by Crippen LogP contribution is -2.50. The second kappa shape index (κ2) is 11.9. The first-order chi connectivity index (χ1) is 14.7. The normalized spacial score (nSPS) is 15.7. The van der Waals surface area contributed by atoms with Crippen LogP contribution in [0, 0.1) is 0 Å². The van der Waals surface area contributed by atoms with Gasteiger partial charge < -0.3 is 14.5 Å². The van der Waals surface area contributed by atoms with Crippen LogP contribution in [0.1, 0.15) is 35.4 Å². The minimum Gasteiger partial charge on any atom is -0.463 e. The minimum absolute atomic E-state index is 0.0784. The predicted molar refractivity (Wildman–Crippen MR) is 113 cm³/mol. The fourth-order valence-corrected chi connectivity index (χ4v) is 3.32. The lowest BCUT2D eigenvalue weighted by Gasteiger charge is -2.33. The van der Waals surface area contributed by atoms with E-state index in [1.165, 1.54) is 6.21 Å². The van der Waals surface area contributed by atoms with Crippen LogP contribution in [-0.4, -0.2) is 61.8 Å². The van der Waals surface area contributed by atoms with Gasteiger partial charge in [-0.2, -0.15) is 5.10 Å². The number of nitrogens with zero attached hydrogens (tertiary/aromatic N) is 2. The van der Waals surface area contributed by atoms with Crippen LogP contribution in [0.3, 0.4) is 0 Å². The van der Waals surface area contributed by atoms with Gasteiger partial charge in [0.2, 0.25) is 0 Å². The molecule has 2 N–H and O–H groups in total. The number of ether oxygens (including phenoxy) is 1. The van der Waals surface area contributed by atoms with Crippen LogP contribution in [0.5, 0.6) is 0 Å². The molecule has 0 aliphatic carbocycles. The maximum atomic E-state index is 12.7. The monoisotopic (exact) mass is 412 g/mol. The number of morpholine rings is 1. The number of rotatable bonds is 10. The van der Waals surface area contributed by atoms with E-state index in [0.717, 1.165) is 12.8 Å². The number of hydrogen-bond donors (Lipinski definition) is 2. The Morgan fingerprint density at radius 3 is 2.63 bits per heavy atom. The fourth-order valence-electron chi connectivity index (χ4n) is 3.32. The molecule has 1 aromatic carbocycles. The molecule has 160 valence electrons. The van der Waals surface area contributed by atoms with Gasteiger partial charge in [0.15, 0.2) is 0 Å². The lowest BCUT2D eigenvalue weighted by atomic mass is 10.1. The third kappa shape index (κ3) is 6.82. The van der Waals surface area contributed by atoms with Crippen molar-refractivity contribution in [3.8, 4) is 0 Å². The molecule has 0 spiro atoms. The molecule has 2 aromatic rings. The van der Waals surface area contributed by atoms with Gasteiger partial charge in [-0.25, -0.2) is 5.43 Å². The molecule has 2 heterocycles. The molecule has 1 atom stereocenters. The molecule has 8 nitrogen and oxygen atoms in total. The number of unbranched alkanes of at least 4 members (excludes halogenated alkanes) is 1. The Kier molecular flexibility index (Phi) is 8.62. The summed E-state index contributed by atoms with van der Waals surface area (Å²) in [6.45, 7) is 3.23. The van der Waals surface area contributed by atoms with Crippen molar-refractivity contribution >= 4 is 18.0 Å². The van der Waals surface area contributed by atoms with Crippen LogP contribution in [0.15, 0.2) is 58.2 Å². The molecule has 30 heavy (non-hydrogen) atoms. The van der Waals surface area contributed by atoms with E-state index < -0.39 is 0 Å². The summed E-state index contributed by atoms with van der Waals surface area (Å²) in [6, 6.07) is 12.4. The Morgan fingerprint density at radius 1 is 1.10 bits per heavy atom. The van der Waals surface area contributed by atoms with E-state index in [9.17, 15) is 9.59 Å². The van der Waals surface area contributed by atoms with E-state index in [-0.39, 0.29) is 17.9 Å². The highest BCUT2D eigenvalue weighted by Gasteiger charge is 2.26. The predicted octanol–water partition coefficient (Wildman–Crippen LogP) is 2.03. The maximum absolute atomic E-state index is 12.7. The van der Waals surface area contributed by atoms with Crippen molar-refractivity contribution in [2.75, 3.05) is 32.8 Å². The van der Waals surface area contributed by atoms with Crippen LogP contribution in [0.4, 0.5) is 0 Å². The second-order valence-corrected chi connectivity index (χ2v) is 7.03. The molecule has 1 aliphatic rings. The Bertz CT molecular complexity index is 802. The summed E-state index contributed by atoms with van der Waals surface area (Å²) in [7, 11) is 0. The molecule has 3 rings (SSSR count). The summed E-state index contributed by atoms with van der Waals surface area (Å²) in [6.07, 6.45) is 5.32. The van der Waals surface area contributed by atoms with E-state index in [0.29, 0.717) is 50.6 Å². The topological polar surface area (TPSA) is 96.2 Å². The van der Waals surface area contributed by atoms with Crippen molar-refractivity contribution in [2.24, 2.45) is 5.10 Å². The molecule has 1 fully saturated rings. The molecule has 1 aromatic heterocycles. The number of nitrogens with one attached hydrogen (secondary N) is 2. The van der Waals surface area contributed by atoms with Crippen LogP contribution < -0.4 is 10.7 Å². The fraction of sp³-hybridized carbons (Fsp3) is 0.409. The zero-order chi connectivity index (χ0) is 21.0. The lowest BCUT2D eigenvalue weighted by molar-refractivity contribution is -0.128. The molecule has 0 radical (unpaired) electrons. The van der Waals surface area contributed by atoms with Gasteiger partial charge in [0.05, 0.1) is 31.7 Å². The first-order valence-corrected chi connectivity index (χ1v) is 10.3. The van der Waals surface area contributed by atoms with Crippen molar-refractivity contribution in [3.05, 3.63) is 60.1 Å². The number of hydrogen-bond acceptors (Lipinski definition) is 6. The Hall–Kier alpha value is -2.97. The molecule has 1 saturated heterocycles. The maximum Gasteiger partial charge on any atom is 0.257 e. The number of furan rings is 1. The number of carbonyl (C=O) groups excluding carboxylic acids is 2. The first kappa shape index (κ1) is 21.7. The van der Waals surface area contributed by atoms with Crippen LogP contribution in [-0.2, 0) is 9.53 Å². The Balaban J connectivity index is 1.45. The number of carbonyl (C=O) groups is 2. The highest BCUT2D eigenvalue weighted by Crippen LogP contribution is 2.12. The molecular formula is C22H28N4O4. The van der Waals surface area contributed by atoms with Crippen molar-refractivity contribution < 1.29 is 18.7 Å². The van der Waals surface area contributed by atoms with Crippen molar-refractivity contribution in [1.29, 1.82) is 0 Å². The van der Waals surface area contributed by atoms with E-state index in [1.54, 1.807) is 30.5 Å². The van der Waals surface area contributed by atoms with Gasteiger partial charge in [-0.15, -0.1) is 0 Å². The third-order valence-electron chi connectivity index (χ3n) is 4.92. The Labute approximate surface area is 176 Å². The highest BCUT2D eigenvalue weighted by molar-refractivity contribution is 5.94. The van der Waals surface area contributed by atoms with E-state index in [2.05, 4.69) is 20.7 Å². The number of amides is 2. The van der Waals surface area contributed by atoms with Gasteiger partial charge in [-0.1, -0.05) is 18.2 Å². The first-order valence-electron chi connectivity index (χ1n) is 10.3. The summed E-state index contributed by atoms with van der Waals surface area (Å²) in [4.78, 5) is 26.9. The van der Waals surface area contributed by atoms with Crippen LogP contribution in [0.25, 0.3) is 0 Å². The average molecular weight is 412 g/mol. The third-order valence-corrected chi connectivity index (χ3v) is 4.92. The summed E-state index contributed by atoms with van der Waals surface area (Å²) < 4.78 is 10.6. The van der Waals surface area contributed by atoms with Crippen LogP contribution >= 0.6 is 0 Å². The van der Waals surface area contributed by atoms with Crippen molar-refractivity contribution in [3.63, 3.8) is 0 Å². The molecule has 2 amide bonds. The van der Waals surface area contributed by atoms with Gasteiger partial charge in [0.25, 0.3) is 11.8 Å². The van der Waals surface area contributed by atoms with Crippen molar-refractivity contribution in [1.82, 2.24) is 15.6 Å². The highest BCUT2D eigenvalue weighted by atomic mass is 16.5. The number of benzene rings is 1. The van der Waals surface area contributed by atoms with Gasteiger partial charge in [-0.3, -0.25) is 14.5 Å². The van der Waals surface area contributed by atoms with Crippen molar-refractivity contribution in [2.45, 2.75) is 25.3 Å². The smallest absolute Gasteiger partial charge is 0.257 e. The van der Waals surface area contributed by atoms with Crippen LogP contribution in [0.2, 0.25) is 0 Å². The summed E-state index contributed by atoms with van der Waals surface area (Å²) in [5.74, 6) is 0.353. The standard InChI is InChI=1S/C22H28N4O4/c27-21(18-7-2-1-3-8-18)23-11-5-4-10-20(26-12-15-29-16-13-26)22(28)25-24-17-19-9-6-14-30-19/h1-3,6-9,14,17,20H,4-5,10-13,15-16H2,(H,23,27)(H,25,28). The number of hydrazone groups is 1. The largest absolute Gasteiger partial charge is 0.463 e. The zero-order valence-electron chi connectivity index (χ0n) is 17.0. The van der Waals surface area contributed by atoms with Gasteiger partial charge in [0.1, 0.15) is 5.76 Å². The van der Waals surface area contributed by atoms with E-state index >= 15 is 0 Å².